The Bertz CT molecular complexity index is 715. The molecule has 0 unspecified atom stereocenters. The van der Waals surface area contributed by atoms with Crippen molar-refractivity contribution < 1.29 is 21.9 Å². The number of carbonyl (C=O) groups is 1. The van der Waals surface area contributed by atoms with E-state index in [2.05, 4.69) is 12.1 Å². The van der Waals surface area contributed by atoms with Gasteiger partial charge in [-0.1, -0.05) is 48.5 Å². The molecule has 1 saturated heterocycles. The van der Waals surface area contributed by atoms with Gasteiger partial charge in [-0.3, -0.25) is 4.79 Å². The molecule has 0 aromatic heterocycles. The fraction of sp³-hybridized carbons (Fsp3) is 0.0800. The Balaban J connectivity index is 0.000000329. The van der Waals surface area contributed by atoms with Gasteiger partial charge in [-0.15, -0.1) is 0 Å². The number of benzene rings is 2. The van der Waals surface area contributed by atoms with Crippen molar-refractivity contribution in [2.45, 2.75) is 6.04 Å². The van der Waals surface area contributed by atoms with Gasteiger partial charge in [-0.2, -0.15) is 0 Å². The number of hydrogen-bond acceptors (Lipinski definition) is 1. The predicted molar refractivity (Wildman–Crippen MR) is 109 cm³/mol. The van der Waals surface area contributed by atoms with Gasteiger partial charge in [0, 0.05) is 22.8 Å². The summed E-state index contributed by atoms with van der Waals surface area (Å²) in [6.45, 7) is 0. The van der Waals surface area contributed by atoms with E-state index in [1.54, 1.807) is 0 Å². The Morgan fingerprint density at radius 3 is 1.68 bits per heavy atom. The first kappa shape index (κ1) is 21.1. The average molecular weight is 407 g/mol. The predicted octanol–water partition coefficient (Wildman–Crippen LogP) is 4.81. The van der Waals surface area contributed by atoms with Gasteiger partial charge in [0.15, 0.2) is 0 Å². The fourth-order valence-corrected chi connectivity index (χ4v) is 3.60. The zero-order chi connectivity index (χ0) is 18.5. The van der Waals surface area contributed by atoms with Crippen LogP contribution in [-0.2, 0) is 21.9 Å². The summed E-state index contributed by atoms with van der Waals surface area (Å²) in [6, 6.07) is 20.2. The number of β-lactam (4-membered cyclic amide) rings is 1. The van der Waals surface area contributed by atoms with Crippen LogP contribution in [-0.4, -0.2) is 5.91 Å². The van der Waals surface area contributed by atoms with E-state index in [9.17, 15) is 4.79 Å². The third-order valence-electron chi connectivity index (χ3n) is 4.88. The van der Waals surface area contributed by atoms with Crippen molar-refractivity contribution in [3.8, 4) is 0 Å². The van der Waals surface area contributed by atoms with Gasteiger partial charge in [-0.05, 0) is 81.4 Å². The number of carbonyl (C=O) groups excluding carboxylic acids is 1. The Morgan fingerprint density at radius 1 is 0.643 bits per heavy atom. The standard InChI is InChI=1S/C20H16NO.C5H5.Fe/c22-20-18(15-9-7-8-10-15)19(16-11-3-1-4-12-16)21(20)17-13-5-2-6-14-17;1-2-4-5-3-1;/h1-14,18-19H;1-5H;/t18-,19+;;/m1../s1. The molecule has 2 nitrogen and oxygen atoms in total. The minimum Gasteiger partial charge on any atom is -0.304 e. The first-order valence-corrected chi connectivity index (χ1v) is 9.17. The molecule has 1 aliphatic heterocycles. The number of rotatable bonds is 3. The molecule has 28 heavy (non-hydrogen) atoms. The summed E-state index contributed by atoms with van der Waals surface area (Å²) in [7, 11) is 0. The summed E-state index contributed by atoms with van der Waals surface area (Å²) >= 11 is 0. The molecule has 3 aliphatic rings. The SMILES string of the molecule is O=C1[C@H]([C]2[CH][CH][CH][CH]2)[C@H](c2ccccc2)N1c1ccccc1.[CH]1[CH][CH][CH][CH]1.[Fe]. The van der Waals surface area contributed by atoms with Crippen LogP contribution in [0.5, 0.6) is 0 Å². The van der Waals surface area contributed by atoms with Gasteiger partial charge in [0.1, 0.15) is 0 Å². The first-order chi connectivity index (χ1) is 13.4. The molecule has 0 N–H and O–H groups in total. The number of amides is 1. The number of anilines is 1. The number of para-hydroxylation sites is 1. The molecular weight excluding hydrogens is 386 g/mol. The maximum atomic E-state index is 12.8. The van der Waals surface area contributed by atoms with Crippen molar-refractivity contribution >= 4 is 11.6 Å². The number of hydrogen-bond donors (Lipinski definition) is 0. The molecule has 1 heterocycles. The van der Waals surface area contributed by atoms with E-state index in [1.807, 2.05) is 111 Å². The van der Waals surface area contributed by atoms with Gasteiger partial charge >= 0.3 is 0 Å². The second-order valence-corrected chi connectivity index (χ2v) is 6.56. The third kappa shape index (κ3) is 4.53. The molecule has 0 bridgehead atoms. The molecule has 3 heteroatoms. The second-order valence-electron chi connectivity index (χ2n) is 6.56. The van der Waals surface area contributed by atoms with Crippen molar-refractivity contribution in [2.75, 3.05) is 4.90 Å². The van der Waals surface area contributed by atoms with E-state index in [-0.39, 0.29) is 34.9 Å². The Kier molecular flexibility index (Phi) is 7.76. The minimum atomic E-state index is -0.0855. The largest absolute Gasteiger partial charge is 0.304 e. The smallest absolute Gasteiger partial charge is 0.233 e. The molecule has 5 rings (SSSR count). The molecule has 2 atom stereocenters. The van der Waals surface area contributed by atoms with Crippen LogP contribution in [0.25, 0.3) is 0 Å². The molecule has 10 radical (unpaired) electrons. The van der Waals surface area contributed by atoms with Crippen LogP contribution in [0.4, 0.5) is 5.69 Å². The van der Waals surface area contributed by atoms with Crippen LogP contribution in [0, 0.1) is 69.6 Å². The van der Waals surface area contributed by atoms with Crippen LogP contribution in [0.3, 0.4) is 0 Å². The Hall–Kier alpha value is -1.57. The molecular formula is C25H21FeNO. The van der Waals surface area contributed by atoms with Gasteiger partial charge in [0.2, 0.25) is 5.91 Å². The van der Waals surface area contributed by atoms with Crippen molar-refractivity contribution in [3.63, 3.8) is 0 Å². The first-order valence-electron chi connectivity index (χ1n) is 9.17. The van der Waals surface area contributed by atoms with Crippen molar-refractivity contribution in [3.05, 3.63) is 130 Å². The van der Waals surface area contributed by atoms with Gasteiger partial charge < -0.3 is 4.90 Å². The molecule has 0 spiro atoms. The molecule has 2 aromatic rings. The summed E-state index contributed by atoms with van der Waals surface area (Å²) in [5, 5.41) is 0. The van der Waals surface area contributed by atoms with E-state index in [0.29, 0.717) is 0 Å². The molecule has 3 fully saturated rings. The van der Waals surface area contributed by atoms with E-state index < -0.39 is 0 Å². The van der Waals surface area contributed by atoms with Gasteiger partial charge in [0.05, 0.1) is 12.0 Å². The van der Waals surface area contributed by atoms with E-state index in [1.165, 1.54) is 5.56 Å². The molecule has 2 aromatic carbocycles. The minimum absolute atomic E-state index is 0. The van der Waals surface area contributed by atoms with E-state index >= 15 is 0 Å². The van der Waals surface area contributed by atoms with Crippen molar-refractivity contribution in [2.24, 2.45) is 5.92 Å². The van der Waals surface area contributed by atoms with Crippen LogP contribution < -0.4 is 4.90 Å². The number of nitrogens with zero attached hydrogens (tertiary/aromatic N) is 1. The summed E-state index contributed by atoms with van der Waals surface area (Å²) in [4.78, 5) is 14.7. The monoisotopic (exact) mass is 407 g/mol. The van der Waals surface area contributed by atoms with Crippen LogP contribution in [0.15, 0.2) is 60.7 Å². The summed E-state index contributed by atoms with van der Waals surface area (Å²) < 4.78 is 0. The van der Waals surface area contributed by atoms with Crippen LogP contribution in [0.2, 0.25) is 0 Å². The summed E-state index contributed by atoms with van der Waals surface area (Å²) in [6.07, 6.45) is 18.1. The van der Waals surface area contributed by atoms with Crippen molar-refractivity contribution in [1.82, 2.24) is 0 Å². The molecule has 1 amide bonds. The zero-order valence-corrected chi connectivity index (χ0v) is 16.4. The maximum Gasteiger partial charge on any atom is 0.233 e. The fourth-order valence-electron chi connectivity index (χ4n) is 3.60. The average Bonchev–Trinajstić information content (AvgIpc) is 3.44. The van der Waals surface area contributed by atoms with Crippen LogP contribution in [0.1, 0.15) is 11.6 Å². The molecule has 140 valence electrons. The summed E-state index contributed by atoms with van der Waals surface area (Å²) in [5.41, 5.74) is 2.14. The molecule has 2 saturated carbocycles. The topological polar surface area (TPSA) is 20.3 Å². The van der Waals surface area contributed by atoms with E-state index in [0.717, 1.165) is 11.6 Å². The van der Waals surface area contributed by atoms with Crippen molar-refractivity contribution in [1.29, 1.82) is 0 Å². The maximum absolute atomic E-state index is 12.8. The summed E-state index contributed by atoms with van der Waals surface area (Å²) in [5.74, 6) is 1.19. The second kappa shape index (κ2) is 10.3. The Labute approximate surface area is 180 Å². The Morgan fingerprint density at radius 2 is 1.14 bits per heavy atom. The molecule has 2 aliphatic carbocycles. The zero-order valence-electron chi connectivity index (χ0n) is 15.3. The van der Waals surface area contributed by atoms with Crippen LogP contribution >= 0.6 is 0 Å². The third-order valence-corrected chi connectivity index (χ3v) is 4.88. The van der Waals surface area contributed by atoms with Gasteiger partial charge in [-0.25, -0.2) is 0 Å². The van der Waals surface area contributed by atoms with Gasteiger partial charge in [0.25, 0.3) is 0 Å². The quantitative estimate of drug-likeness (QED) is 0.528. The van der Waals surface area contributed by atoms with E-state index in [4.69, 9.17) is 0 Å². The normalized spacial score (nSPS) is 24.1.